The zero-order valence-corrected chi connectivity index (χ0v) is 9.97. The van der Waals surface area contributed by atoms with Crippen LogP contribution < -0.4 is 5.32 Å². The number of para-hydroxylation sites is 1. The Morgan fingerprint density at radius 1 is 1.21 bits per heavy atom. The predicted octanol–water partition coefficient (Wildman–Crippen LogP) is 2.50. The minimum Gasteiger partial charge on any atom is -0.508 e. The average Bonchev–Trinajstić information content (AvgIpc) is 2.51. The highest BCUT2D eigenvalue weighted by Crippen LogP contribution is 2.14. The fourth-order valence-electron chi connectivity index (χ4n) is 1.61. The van der Waals surface area contributed by atoms with E-state index in [1.807, 2.05) is 0 Å². The summed E-state index contributed by atoms with van der Waals surface area (Å²) in [5.41, 5.74) is 0.700. The highest BCUT2D eigenvalue weighted by atomic mass is 16.4. The maximum Gasteiger partial charge on any atom is 0.326 e. The van der Waals surface area contributed by atoms with E-state index in [4.69, 9.17) is 5.48 Å². The normalized spacial score (nSPS) is 14.7. The van der Waals surface area contributed by atoms with E-state index < -0.39 is 18.1 Å². The minimum atomic E-state index is -1.15. The second-order valence-corrected chi connectivity index (χ2v) is 3.98. The van der Waals surface area contributed by atoms with Crippen molar-refractivity contribution in [2.45, 2.75) is 12.5 Å². The van der Waals surface area contributed by atoms with Gasteiger partial charge in [-0.15, -0.1) is 0 Å². The van der Waals surface area contributed by atoms with Crippen molar-refractivity contribution in [3.63, 3.8) is 0 Å². The Labute approximate surface area is 117 Å². The van der Waals surface area contributed by atoms with Gasteiger partial charge in [0.05, 0.1) is 5.48 Å². The average molecular weight is 261 g/mol. The summed E-state index contributed by atoms with van der Waals surface area (Å²) >= 11 is 0. The number of carboxylic acid groups (broad SMARTS) is 1. The highest BCUT2D eigenvalue weighted by molar-refractivity contribution is 5.77. The number of phenols is 1. The van der Waals surface area contributed by atoms with Crippen LogP contribution in [-0.2, 0) is 11.2 Å². The first kappa shape index (κ1) is 8.58. The Kier molecular flexibility index (Phi) is 2.67. The Balaban J connectivity index is 2.27. The molecule has 0 aliphatic rings. The van der Waals surface area contributed by atoms with Crippen molar-refractivity contribution in [2.24, 2.45) is 0 Å². The Hall–Kier alpha value is -2.49. The number of rotatable bonds is 5. The third kappa shape index (κ3) is 3.74. The molecule has 0 saturated carbocycles. The monoisotopic (exact) mass is 261 g/mol. The summed E-state index contributed by atoms with van der Waals surface area (Å²) in [6.07, 6.45) is 0.0956. The van der Waals surface area contributed by atoms with Gasteiger partial charge in [-0.1, -0.05) is 30.3 Å². The molecule has 4 nitrogen and oxygen atoms in total. The Morgan fingerprint density at radius 2 is 1.95 bits per heavy atom. The number of aromatic hydroxyl groups is 1. The number of benzene rings is 2. The van der Waals surface area contributed by atoms with Gasteiger partial charge in [0, 0.05) is 12.1 Å². The molecule has 0 aliphatic carbocycles. The van der Waals surface area contributed by atoms with E-state index in [9.17, 15) is 15.0 Å². The zero-order valence-electron chi connectivity index (χ0n) is 14.0. The first-order valence-electron chi connectivity index (χ1n) is 7.64. The Bertz CT molecular complexity index is 734. The van der Waals surface area contributed by atoms with E-state index in [0.29, 0.717) is 5.56 Å². The fraction of sp³-hybridized carbons (Fsp3) is 0.133. The molecule has 2 rings (SSSR count). The van der Waals surface area contributed by atoms with E-state index >= 15 is 0 Å². The number of carboxylic acids is 1. The first-order valence-corrected chi connectivity index (χ1v) is 5.64. The van der Waals surface area contributed by atoms with Crippen LogP contribution in [0.2, 0.25) is 0 Å². The molecule has 0 bridgehead atoms. The summed E-state index contributed by atoms with van der Waals surface area (Å²) in [6, 6.07) is 4.82. The lowest BCUT2D eigenvalue weighted by molar-refractivity contribution is -0.137. The molecule has 0 radical (unpaired) electrons. The maximum atomic E-state index is 11.4. The highest BCUT2D eigenvalue weighted by Gasteiger charge is 2.17. The van der Waals surface area contributed by atoms with Crippen LogP contribution in [0.1, 0.15) is 11.0 Å². The van der Waals surface area contributed by atoms with Gasteiger partial charge < -0.3 is 15.5 Å². The number of hydrogen-bond donors (Lipinski definition) is 3. The maximum absolute atomic E-state index is 11.4. The molecule has 0 aromatic heterocycles. The van der Waals surface area contributed by atoms with Gasteiger partial charge in [-0.2, -0.15) is 0 Å². The van der Waals surface area contributed by atoms with Gasteiger partial charge in [0.1, 0.15) is 11.8 Å². The van der Waals surface area contributed by atoms with Crippen LogP contribution in [0.4, 0.5) is 5.69 Å². The molecule has 2 aromatic carbocycles. The van der Waals surface area contributed by atoms with Crippen molar-refractivity contribution in [3.8, 4) is 5.75 Å². The molecule has 0 spiro atoms. The standard InChI is InChI=1S/C15H15NO3/c17-13-8-6-11(7-9-13)10-14(15(18)19)16-12-4-2-1-3-5-12/h1-9,14,16-17H,10H2,(H,18,19)/t14-/m0/s1/i1D,2D,3D,4D. The van der Waals surface area contributed by atoms with Crippen molar-refractivity contribution in [3.05, 3.63) is 60.1 Å². The van der Waals surface area contributed by atoms with Gasteiger partial charge in [0.25, 0.3) is 0 Å². The lowest BCUT2D eigenvalue weighted by Gasteiger charge is -2.15. The van der Waals surface area contributed by atoms with Crippen LogP contribution in [-0.4, -0.2) is 22.2 Å². The van der Waals surface area contributed by atoms with Gasteiger partial charge in [-0.3, -0.25) is 0 Å². The van der Waals surface area contributed by atoms with Crippen LogP contribution in [0.25, 0.3) is 0 Å². The van der Waals surface area contributed by atoms with E-state index in [1.54, 1.807) is 12.1 Å². The molecule has 0 saturated heterocycles. The summed E-state index contributed by atoms with van der Waals surface area (Å²) in [5, 5.41) is 21.2. The van der Waals surface area contributed by atoms with Crippen molar-refractivity contribution in [1.29, 1.82) is 0 Å². The van der Waals surface area contributed by atoms with Gasteiger partial charge in [-0.25, -0.2) is 4.79 Å². The summed E-state index contributed by atoms with van der Waals surface area (Å²) in [5.74, 6) is -1.07. The summed E-state index contributed by atoms with van der Waals surface area (Å²) in [7, 11) is 0. The molecule has 0 amide bonds. The van der Waals surface area contributed by atoms with Crippen LogP contribution in [0, 0.1) is 0 Å². The van der Waals surface area contributed by atoms with Crippen molar-refractivity contribution >= 4 is 11.7 Å². The number of phenolic OH excluding ortho intramolecular Hbond substituents is 1. The SMILES string of the molecule is [2H]c1cc(N[C@@H](Cc2ccc(O)cc2)C(=O)O)c([2H])c([2H])c1[2H]. The van der Waals surface area contributed by atoms with E-state index in [1.165, 1.54) is 18.2 Å². The molecule has 1 atom stereocenters. The molecule has 0 aliphatic heterocycles. The third-order valence-corrected chi connectivity index (χ3v) is 2.55. The van der Waals surface area contributed by atoms with Crippen LogP contribution in [0.15, 0.2) is 54.5 Å². The second-order valence-electron chi connectivity index (χ2n) is 3.98. The number of hydrogen-bond acceptors (Lipinski definition) is 3. The number of anilines is 1. The number of aliphatic carboxylic acids is 1. The molecule has 19 heavy (non-hydrogen) atoms. The van der Waals surface area contributed by atoms with Gasteiger partial charge >= 0.3 is 5.97 Å². The van der Waals surface area contributed by atoms with Gasteiger partial charge in [0.15, 0.2) is 0 Å². The molecule has 0 heterocycles. The molecule has 98 valence electrons. The molecule has 3 N–H and O–H groups in total. The summed E-state index contributed by atoms with van der Waals surface area (Å²) < 4.78 is 30.5. The molecule has 0 fully saturated rings. The van der Waals surface area contributed by atoms with Crippen LogP contribution >= 0.6 is 0 Å². The lowest BCUT2D eigenvalue weighted by atomic mass is 10.1. The van der Waals surface area contributed by atoms with Gasteiger partial charge in [-0.05, 0) is 29.8 Å². The molecular formula is C15H15NO3. The van der Waals surface area contributed by atoms with Crippen molar-refractivity contribution in [1.82, 2.24) is 0 Å². The molecule has 4 heteroatoms. The zero-order chi connectivity index (χ0) is 17.1. The van der Waals surface area contributed by atoms with Crippen LogP contribution in [0.5, 0.6) is 5.75 Å². The topological polar surface area (TPSA) is 69.6 Å². The largest absolute Gasteiger partial charge is 0.508 e. The van der Waals surface area contributed by atoms with Gasteiger partial charge in [0.2, 0.25) is 0 Å². The van der Waals surface area contributed by atoms with E-state index in [0.717, 1.165) is 0 Å². The number of nitrogens with one attached hydrogen (secondary N) is 1. The minimum absolute atomic E-state index is 0.0298. The van der Waals surface area contributed by atoms with Crippen molar-refractivity contribution < 1.29 is 20.5 Å². The Morgan fingerprint density at radius 3 is 2.63 bits per heavy atom. The fourth-order valence-corrected chi connectivity index (χ4v) is 1.61. The molecule has 2 aromatic rings. The lowest BCUT2D eigenvalue weighted by Crippen LogP contribution is -2.31. The quantitative estimate of drug-likeness (QED) is 0.773. The van der Waals surface area contributed by atoms with Crippen molar-refractivity contribution in [2.75, 3.05) is 5.32 Å². The summed E-state index contributed by atoms with van der Waals surface area (Å²) in [4.78, 5) is 11.4. The van der Waals surface area contributed by atoms with E-state index in [-0.39, 0.29) is 36.0 Å². The van der Waals surface area contributed by atoms with Crippen LogP contribution in [0.3, 0.4) is 0 Å². The van der Waals surface area contributed by atoms with E-state index in [2.05, 4.69) is 5.32 Å². The summed E-state index contributed by atoms with van der Waals surface area (Å²) in [6.45, 7) is 0. The second kappa shape index (κ2) is 5.91. The first-order chi connectivity index (χ1) is 10.8. The smallest absolute Gasteiger partial charge is 0.326 e. The predicted molar refractivity (Wildman–Crippen MR) is 73.3 cm³/mol. The molecular weight excluding hydrogens is 242 g/mol. The third-order valence-electron chi connectivity index (χ3n) is 2.55. The number of carbonyl (C=O) groups is 1. The molecule has 0 unspecified atom stereocenters.